The first-order valence-corrected chi connectivity index (χ1v) is 6.77. The normalized spacial score (nSPS) is 11.5. The lowest BCUT2D eigenvalue weighted by atomic mass is 10.0. The van der Waals surface area contributed by atoms with Gasteiger partial charge in [-0.2, -0.15) is 5.10 Å². The Morgan fingerprint density at radius 3 is 2.29 bits per heavy atom. The highest BCUT2D eigenvalue weighted by molar-refractivity contribution is 6.03. The van der Waals surface area contributed by atoms with Gasteiger partial charge in [-0.1, -0.05) is 56.3 Å². The molecule has 0 aliphatic rings. The van der Waals surface area contributed by atoms with Crippen LogP contribution in [0.5, 0.6) is 0 Å². The minimum Gasteiger partial charge on any atom is -0.267 e. The molecule has 2 rings (SSSR count). The fourth-order valence-corrected chi connectivity index (χ4v) is 1.95. The van der Waals surface area contributed by atoms with Gasteiger partial charge in [0.05, 0.1) is 11.3 Å². The van der Waals surface area contributed by atoms with Crippen molar-refractivity contribution >= 4 is 11.6 Å². The standard InChI is InChI=1S/C17H17FN2O/c1-12(2)16(13-8-4-3-5-9-13)19-20-17(21)14-10-6-7-11-15(14)18/h3-12H,1-2H3,(H,20,21). The summed E-state index contributed by atoms with van der Waals surface area (Å²) < 4.78 is 13.5. The van der Waals surface area contributed by atoms with Gasteiger partial charge in [-0.25, -0.2) is 9.82 Å². The van der Waals surface area contributed by atoms with Crippen LogP contribution in [0.15, 0.2) is 59.7 Å². The van der Waals surface area contributed by atoms with Crippen molar-refractivity contribution in [3.63, 3.8) is 0 Å². The summed E-state index contributed by atoms with van der Waals surface area (Å²) in [6, 6.07) is 15.4. The monoisotopic (exact) mass is 284 g/mol. The van der Waals surface area contributed by atoms with Crippen LogP contribution in [0.2, 0.25) is 0 Å². The Labute approximate surface area is 123 Å². The predicted octanol–water partition coefficient (Wildman–Crippen LogP) is 3.62. The maximum Gasteiger partial charge on any atom is 0.274 e. The molecule has 21 heavy (non-hydrogen) atoms. The number of carbonyl (C=O) groups is 1. The number of halogens is 1. The van der Waals surface area contributed by atoms with Gasteiger partial charge in [0.1, 0.15) is 5.82 Å². The van der Waals surface area contributed by atoms with Crippen molar-refractivity contribution in [3.05, 3.63) is 71.5 Å². The van der Waals surface area contributed by atoms with E-state index < -0.39 is 11.7 Å². The van der Waals surface area contributed by atoms with E-state index in [1.807, 2.05) is 44.2 Å². The second kappa shape index (κ2) is 6.79. The van der Waals surface area contributed by atoms with Crippen LogP contribution in [0.3, 0.4) is 0 Å². The maximum atomic E-state index is 13.5. The van der Waals surface area contributed by atoms with E-state index in [1.54, 1.807) is 12.1 Å². The molecular formula is C17H17FN2O. The Kier molecular flexibility index (Phi) is 4.82. The van der Waals surface area contributed by atoms with Crippen molar-refractivity contribution in [1.29, 1.82) is 0 Å². The summed E-state index contributed by atoms with van der Waals surface area (Å²) in [5, 5.41) is 4.16. The molecule has 0 saturated carbocycles. The molecule has 0 aromatic heterocycles. The molecule has 0 fully saturated rings. The van der Waals surface area contributed by atoms with Crippen molar-refractivity contribution in [1.82, 2.24) is 5.43 Å². The van der Waals surface area contributed by atoms with Gasteiger partial charge in [-0.05, 0) is 23.6 Å². The Morgan fingerprint density at radius 1 is 1.05 bits per heavy atom. The average molecular weight is 284 g/mol. The molecular weight excluding hydrogens is 267 g/mol. The van der Waals surface area contributed by atoms with E-state index in [0.717, 1.165) is 11.3 Å². The zero-order chi connectivity index (χ0) is 15.2. The summed E-state index contributed by atoms with van der Waals surface area (Å²) in [4.78, 5) is 12.0. The van der Waals surface area contributed by atoms with E-state index in [1.165, 1.54) is 12.1 Å². The lowest BCUT2D eigenvalue weighted by molar-refractivity contribution is 0.0950. The summed E-state index contributed by atoms with van der Waals surface area (Å²) >= 11 is 0. The van der Waals surface area contributed by atoms with Crippen LogP contribution in [-0.2, 0) is 0 Å². The van der Waals surface area contributed by atoms with Crippen LogP contribution in [0.4, 0.5) is 4.39 Å². The predicted molar refractivity (Wildman–Crippen MR) is 81.7 cm³/mol. The van der Waals surface area contributed by atoms with Crippen LogP contribution < -0.4 is 5.43 Å². The molecule has 0 aliphatic heterocycles. The summed E-state index contributed by atoms with van der Waals surface area (Å²) in [6.45, 7) is 3.97. The number of benzene rings is 2. The fourth-order valence-electron chi connectivity index (χ4n) is 1.95. The number of rotatable bonds is 4. The number of hydrogen-bond donors (Lipinski definition) is 1. The number of nitrogens with zero attached hydrogens (tertiary/aromatic N) is 1. The van der Waals surface area contributed by atoms with E-state index in [-0.39, 0.29) is 11.5 Å². The molecule has 3 nitrogen and oxygen atoms in total. The van der Waals surface area contributed by atoms with Gasteiger partial charge in [0.2, 0.25) is 0 Å². The third-order valence-electron chi connectivity index (χ3n) is 3.01. The third-order valence-corrected chi connectivity index (χ3v) is 3.01. The van der Waals surface area contributed by atoms with Gasteiger partial charge in [0.15, 0.2) is 0 Å². The molecule has 0 aliphatic carbocycles. The van der Waals surface area contributed by atoms with Crippen molar-refractivity contribution in [3.8, 4) is 0 Å². The van der Waals surface area contributed by atoms with Crippen molar-refractivity contribution in [2.24, 2.45) is 11.0 Å². The fraction of sp³-hybridized carbons (Fsp3) is 0.176. The smallest absolute Gasteiger partial charge is 0.267 e. The minimum absolute atomic E-state index is 0.0163. The first-order valence-electron chi connectivity index (χ1n) is 6.77. The summed E-state index contributed by atoms with van der Waals surface area (Å²) in [5.41, 5.74) is 4.09. The second-order valence-electron chi connectivity index (χ2n) is 4.94. The van der Waals surface area contributed by atoms with Crippen LogP contribution >= 0.6 is 0 Å². The topological polar surface area (TPSA) is 41.5 Å². The molecule has 0 radical (unpaired) electrons. The van der Waals surface area contributed by atoms with E-state index in [0.29, 0.717) is 0 Å². The number of amides is 1. The molecule has 0 saturated heterocycles. The first kappa shape index (κ1) is 14.9. The maximum absolute atomic E-state index is 13.5. The summed E-state index contributed by atoms with van der Waals surface area (Å²) in [6.07, 6.45) is 0. The average Bonchev–Trinajstić information content (AvgIpc) is 2.48. The van der Waals surface area contributed by atoms with E-state index in [2.05, 4.69) is 10.5 Å². The molecule has 0 atom stereocenters. The quantitative estimate of drug-likeness (QED) is 0.676. The van der Waals surface area contributed by atoms with Gasteiger partial charge < -0.3 is 0 Å². The zero-order valence-electron chi connectivity index (χ0n) is 12.0. The van der Waals surface area contributed by atoms with E-state index in [4.69, 9.17) is 0 Å². The van der Waals surface area contributed by atoms with Crippen molar-refractivity contribution < 1.29 is 9.18 Å². The largest absolute Gasteiger partial charge is 0.274 e. The molecule has 0 bridgehead atoms. The molecule has 4 heteroatoms. The summed E-state index contributed by atoms with van der Waals surface area (Å²) in [5.74, 6) is -0.980. The van der Waals surface area contributed by atoms with Crippen molar-refractivity contribution in [2.75, 3.05) is 0 Å². The number of hydrogen-bond acceptors (Lipinski definition) is 2. The molecule has 108 valence electrons. The molecule has 0 spiro atoms. The summed E-state index contributed by atoms with van der Waals surface area (Å²) in [7, 11) is 0. The lowest BCUT2D eigenvalue weighted by Crippen LogP contribution is -2.23. The van der Waals surface area contributed by atoms with Gasteiger partial charge in [-0.15, -0.1) is 0 Å². The molecule has 1 amide bonds. The zero-order valence-corrected chi connectivity index (χ0v) is 12.0. The number of nitrogens with one attached hydrogen (secondary N) is 1. The van der Waals surface area contributed by atoms with Gasteiger partial charge in [0.25, 0.3) is 5.91 Å². The van der Waals surface area contributed by atoms with Gasteiger partial charge in [0, 0.05) is 0 Å². The number of carbonyl (C=O) groups excluding carboxylic acids is 1. The molecule has 0 unspecified atom stereocenters. The second-order valence-corrected chi connectivity index (χ2v) is 4.94. The van der Waals surface area contributed by atoms with Crippen molar-refractivity contribution in [2.45, 2.75) is 13.8 Å². The number of hydrazone groups is 1. The highest BCUT2D eigenvalue weighted by atomic mass is 19.1. The Bertz CT molecular complexity index is 651. The minimum atomic E-state index is -0.559. The molecule has 1 N–H and O–H groups in total. The van der Waals surface area contributed by atoms with Gasteiger partial charge in [-0.3, -0.25) is 4.79 Å². The Morgan fingerprint density at radius 2 is 1.67 bits per heavy atom. The van der Waals surface area contributed by atoms with E-state index >= 15 is 0 Å². The van der Waals surface area contributed by atoms with Gasteiger partial charge >= 0.3 is 0 Å². The molecule has 2 aromatic rings. The lowest BCUT2D eigenvalue weighted by Gasteiger charge is -2.10. The molecule has 0 heterocycles. The first-order chi connectivity index (χ1) is 10.1. The third kappa shape index (κ3) is 3.75. The van der Waals surface area contributed by atoms with Crippen LogP contribution in [0.25, 0.3) is 0 Å². The van der Waals surface area contributed by atoms with E-state index in [9.17, 15) is 9.18 Å². The Balaban J connectivity index is 2.22. The van der Waals surface area contributed by atoms with Crippen LogP contribution in [-0.4, -0.2) is 11.6 Å². The highest BCUT2D eigenvalue weighted by Gasteiger charge is 2.12. The SMILES string of the molecule is CC(C)C(=NNC(=O)c1ccccc1F)c1ccccc1. The highest BCUT2D eigenvalue weighted by Crippen LogP contribution is 2.10. The van der Waals surface area contributed by atoms with Crippen LogP contribution in [0.1, 0.15) is 29.8 Å². The van der Waals surface area contributed by atoms with Crippen LogP contribution in [0, 0.1) is 11.7 Å². The molecule has 2 aromatic carbocycles. The Hall–Kier alpha value is -2.49.